The fraction of sp³-hybridized carbons (Fsp3) is 0.519. The van der Waals surface area contributed by atoms with Crippen molar-refractivity contribution in [2.24, 2.45) is 5.73 Å². The third-order valence-corrected chi connectivity index (χ3v) is 8.53. The standard InChI is InChI=1S/C27H38FNO5S/c1-4-6-7-11-25(35(32,33)19-20-12-14-22(28)15-13-20)18-23(29)16-21-9-8-10-24(17-21)34-27(3,5-2)26(30)31/h8-10,12-15,17,23,25H,4-7,11,16,18-19,29H2,1-3H3,(H,30,31). The molecule has 3 unspecified atom stereocenters. The number of carbonyl (C=O) groups is 1. The number of halogens is 1. The van der Waals surface area contributed by atoms with E-state index in [0.717, 1.165) is 24.8 Å². The highest BCUT2D eigenvalue weighted by atomic mass is 32.2. The Hall–Kier alpha value is -2.45. The smallest absolute Gasteiger partial charge is 0.347 e. The maximum atomic E-state index is 13.2. The van der Waals surface area contributed by atoms with Crippen LogP contribution in [0.5, 0.6) is 5.75 Å². The van der Waals surface area contributed by atoms with Crippen molar-refractivity contribution in [3.8, 4) is 5.75 Å². The molecular formula is C27H38FNO5S. The molecule has 8 heteroatoms. The second-order valence-corrected chi connectivity index (χ2v) is 11.7. The SMILES string of the molecule is CCCCCC(CC(N)Cc1cccc(OC(C)(CC)C(=O)O)c1)S(=O)(=O)Cc1ccc(F)cc1. The highest BCUT2D eigenvalue weighted by molar-refractivity contribution is 7.91. The van der Waals surface area contributed by atoms with Gasteiger partial charge in [0.15, 0.2) is 9.84 Å². The number of hydrogen-bond acceptors (Lipinski definition) is 5. The molecule has 0 bridgehead atoms. The summed E-state index contributed by atoms with van der Waals surface area (Å²) >= 11 is 0. The molecule has 0 radical (unpaired) electrons. The zero-order valence-electron chi connectivity index (χ0n) is 20.9. The summed E-state index contributed by atoms with van der Waals surface area (Å²) < 4.78 is 45.5. The molecule has 0 aliphatic carbocycles. The van der Waals surface area contributed by atoms with Crippen LogP contribution in [-0.2, 0) is 26.8 Å². The van der Waals surface area contributed by atoms with Crippen LogP contribution in [0.25, 0.3) is 0 Å². The largest absolute Gasteiger partial charge is 0.478 e. The van der Waals surface area contributed by atoms with E-state index in [9.17, 15) is 22.7 Å². The van der Waals surface area contributed by atoms with Gasteiger partial charge in [-0.3, -0.25) is 0 Å². The molecule has 0 spiro atoms. The monoisotopic (exact) mass is 507 g/mol. The van der Waals surface area contributed by atoms with E-state index in [1.165, 1.54) is 31.2 Å². The van der Waals surface area contributed by atoms with Crippen molar-refractivity contribution in [1.82, 2.24) is 0 Å². The van der Waals surface area contributed by atoms with Crippen molar-refractivity contribution in [3.63, 3.8) is 0 Å². The minimum Gasteiger partial charge on any atom is -0.478 e. The molecule has 2 aromatic rings. The maximum absolute atomic E-state index is 13.2. The van der Waals surface area contributed by atoms with Crippen molar-refractivity contribution in [2.45, 2.75) is 88.4 Å². The number of carboxylic acid groups (broad SMARTS) is 1. The van der Waals surface area contributed by atoms with Gasteiger partial charge in [-0.2, -0.15) is 0 Å². The Morgan fingerprint density at radius 3 is 2.40 bits per heavy atom. The molecule has 2 rings (SSSR count). The molecule has 0 saturated carbocycles. The third kappa shape index (κ3) is 8.93. The molecule has 35 heavy (non-hydrogen) atoms. The molecule has 0 amide bonds. The molecular weight excluding hydrogens is 469 g/mol. The number of hydrogen-bond donors (Lipinski definition) is 2. The van der Waals surface area contributed by atoms with Crippen molar-refractivity contribution in [3.05, 3.63) is 65.5 Å². The van der Waals surface area contributed by atoms with Crippen LogP contribution >= 0.6 is 0 Å². The lowest BCUT2D eigenvalue weighted by molar-refractivity contribution is -0.154. The van der Waals surface area contributed by atoms with Gasteiger partial charge in [-0.05, 0) is 68.0 Å². The summed E-state index contributed by atoms with van der Waals surface area (Å²) in [5.41, 5.74) is 6.50. The number of carboxylic acids is 1. The summed E-state index contributed by atoms with van der Waals surface area (Å²) in [5.74, 6) is -1.15. The molecule has 0 aromatic heterocycles. The van der Waals surface area contributed by atoms with Gasteiger partial charge < -0.3 is 15.6 Å². The fourth-order valence-corrected chi connectivity index (χ4v) is 5.94. The van der Waals surface area contributed by atoms with E-state index in [0.29, 0.717) is 37.0 Å². The molecule has 0 aliphatic rings. The van der Waals surface area contributed by atoms with Gasteiger partial charge in [-0.15, -0.1) is 0 Å². The fourth-order valence-electron chi connectivity index (χ4n) is 3.98. The van der Waals surface area contributed by atoms with Gasteiger partial charge >= 0.3 is 5.97 Å². The predicted octanol–water partition coefficient (Wildman–Crippen LogP) is 5.28. The Morgan fingerprint density at radius 2 is 1.80 bits per heavy atom. The number of nitrogens with two attached hydrogens (primary N) is 1. The zero-order chi connectivity index (χ0) is 26.1. The highest BCUT2D eigenvalue weighted by Crippen LogP contribution is 2.25. The number of unbranched alkanes of at least 4 members (excludes halogenated alkanes) is 2. The van der Waals surface area contributed by atoms with Gasteiger partial charge in [-0.1, -0.05) is 57.4 Å². The number of sulfone groups is 1. The lowest BCUT2D eigenvalue weighted by atomic mass is 9.99. The van der Waals surface area contributed by atoms with Gasteiger partial charge in [0.1, 0.15) is 11.6 Å². The summed E-state index contributed by atoms with van der Waals surface area (Å²) in [5, 5.41) is 8.88. The average molecular weight is 508 g/mol. The van der Waals surface area contributed by atoms with Crippen molar-refractivity contribution in [1.29, 1.82) is 0 Å². The second-order valence-electron chi connectivity index (χ2n) is 9.39. The molecule has 194 valence electrons. The van der Waals surface area contributed by atoms with E-state index < -0.39 is 38.5 Å². The lowest BCUT2D eigenvalue weighted by Crippen LogP contribution is -2.40. The molecule has 3 N–H and O–H groups in total. The summed E-state index contributed by atoms with van der Waals surface area (Å²) in [4.78, 5) is 11.6. The minimum absolute atomic E-state index is 0.148. The van der Waals surface area contributed by atoms with Gasteiger partial charge in [0, 0.05) is 6.04 Å². The highest BCUT2D eigenvalue weighted by Gasteiger charge is 2.33. The number of rotatable bonds is 15. The zero-order valence-corrected chi connectivity index (χ0v) is 21.7. The van der Waals surface area contributed by atoms with Crippen LogP contribution in [0.3, 0.4) is 0 Å². The Kier molecular flexibility index (Phi) is 10.7. The first-order valence-corrected chi connectivity index (χ1v) is 13.9. The molecule has 0 aliphatic heterocycles. The van der Waals surface area contributed by atoms with Crippen LogP contribution in [-0.4, -0.2) is 36.4 Å². The average Bonchev–Trinajstić information content (AvgIpc) is 2.80. The first-order valence-electron chi connectivity index (χ1n) is 12.2. The van der Waals surface area contributed by atoms with Crippen LogP contribution in [0.15, 0.2) is 48.5 Å². The first-order chi connectivity index (χ1) is 16.5. The Bertz CT molecular complexity index is 1060. The van der Waals surface area contributed by atoms with Crippen molar-refractivity contribution in [2.75, 3.05) is 0 Å². The summed E-state index contributed by atoms with van der Waals surface area (Å²) in [6.07, 6.45) is 4.29. The number of benzene rings is 2. The van der Waals surface area contributed by atoms with Crippen LogP contribution in [0.2, 0.25) is 0 Å². The van der Waals surface area contributed by atoms with E-state index in [1.54, 1.807) is 25.1 Å². The summed E-state index contributed by atoms with van der Waals surface area (Å²) in [6, 6.07) is 12.2. The molecule has 0 saturated heterocycles. The first kappa shape index (κ1) is 28.8. The van der Waals surface area contributed by atoms with Crippen LogP contribution in [0.4, 0.5) is 4.39 Å². The molecule has 0 heterocycles. The Labute approximate surface area is 208 Å². The molecule has 0 fully saturated rings. The van der Waals surface area contributed by atoms with Crippen molar-refractivity contribution >= 4 is 15.8 Å². The molecule has 2 aromatic carbocycles. The van der Waals surface area contributed by atoms with Gasteiger partial charge in [0.25, 0.3) is 0 Å². The van der Waals surface area contributed by atoms with E-state index in [1.807, 2.05) is 6.07 Å². The van der Waals surface area contributed by atoms with Crippen LogP contribution in [0, 0.1) is 5.82 Å². The van der Waals surface area contributed by atoms with Gasteiger partial charge in [0.05, 0.1) is 11.0 Å². The Balaban J connectivity index is 2.12. The quantitative estimate of drug-likeness (QED) is 0.318. The van der Waals surface area contributed by atoms with E-state index in [-0.39, 0.29) is 5.75 Å². The predicted molar refractivity (Wildman–Crippen MR) is 137 cm³/mol. The Morgan fingerprint density at radius 1 is 1.11 bits per heavy atom. The minimum atomic E-state index is -3.49. The third-order valence-electron chi connectivity index (χ3n) is 6.35. The second kappa shape index (κ2) is 13.0. The molecule has 6 nitrogen and oxygen atoms in total. The van der Waals surface area contributed by atoms with Crippen molar-refractivity contribution < 1.29 is 27.4 Å². The van der Waals surface area contributed by atoms with E-state index in [4.69, 9.17) is 10.5 Å². The van der Waals surface area contributed by atoms with Gasteiger partial charge in [-0.25, -0.2) is 17.6 Å². The maximum Gasteiger partial charge on any atom is 0.347 e. The topological polar surface area (TPSA) is 107 Å². The summed E-state index contributed by atoms with van der Waals surface area (Å²) in [6.45, 7) is 5.34. The van der Waals surface area contributed by atoms with Gasteiger partial charge in [0.2, 0.25) is 5.60 Å². The van der Waals surface area contributed by atoms with Crippen LogP contribution in [0.1, 0.15) is 70.4 Å². The van der Waals surface area contributed by atoms with E-state index >= 15 is 0 Å². The normalized spacial score (nSPS) is 15.2. The number of ether oxygens (including phenoxy) is 1. The van der Waals surface area contributed by atoms with Crippen LogP contribution < -0.4 is 10.5 Å². The lowest BCUT2D eigenvalue weighted by Gasteiger charge is -2.25. The molecule has 3 atom stereocenters. The summed E-state index contributed by atoms with van der Waals surface area (Å²) in [7, 11) is -3.49. The number of aliphatic carboxylic acids is 1. The van der Waals surface area contributed by atoms with E-state index in [2.05, 4.69) is 6.92 Å².